The van der Waals surface area contributed by atoms with Gasteiger partial charge >= 0.3 is 0 Å². The monoisotopic (exact) mass is 232 g/mol. The second-order valence-electron chi connectivity index (χ2n) is 5.83. The Morgan fingerprint density at radius 3 is 2.59 bits per heavy atom. The lowest BCUT2D eigenvalue weighted by molar-refractivity contribution is 0.111. The average Bonchev–Trinajstić information content (AvgIpc) is 2.81. The van der Waals surface area contributed by atoms with Crippen LogP contribution in [-0.2, 0) is 6.42 Å². The molecule has 1 nitrogen and oxygen atoms in total. The van der Waals surface area contributed by atoms with Gasteiger partial charge in [0.05, 0.1) is 6.10 Å². The van der Waals surface area contributed by atoms with Crippen molar-refractivity contribution in [2.45, 2.75) is 52.1 Å². The molecule has 0 aliphatic heterocycles. The van der Waals surface area contributed by atoms with E-state index in [-0.39, 0.29) is 6.10 Å². The van der Waals surface area contributed by atoms with E-state index in [0.717, 1.165) is 12.0 Å². The Bertz CT molecular complexity index is 350. The van der Waals surface area contributed by atoms with Crippen LogP contribution in [0.25, 0.3) is 0 Å². The largest absolute Gasteiger partial charge is 0.388 e. The second-order valence-corrected chi connectivity index (χ2v) is 5.83. The third kappa shape index (κ3) is 3.32. The first kappa shape index (κ1) is 12.6. The van der Waals surface area contributed by atoms with Gasteiger partial charge in [0.1, 0.15) is 0 Å². The topological polar surface area (TPSA) is 20.2 Å². The lowest BCUT2D eigenvalue weighted by atomic mass is 9.92. The van der Waals surface area contributed by atoms with E-state index >= 15 is 0 Å². The fourth-order valence-corrected chi connectivity index (χ4v) is 2.92. The number of benzene rings is 1. The van der Waals surface area contributed by atoms with Gasteiger partial charge in [-0.1, -0.05) is 51.0 Å². The van der Waals surface area contributed by atoms with Crippen LogP contribution >= 0.6 is 0 Å². The summed E-state index contributed by atoms with van der Waals surface area (Å²) in [5.41, 5.74) is 2.48. The van der Waals surface area contributed by atoms with Crippen LogP contribution in [0.1, 0.15) is 56.8 Å². The third-order valence-electron chi connectivity index (χ3n) is 3.78. The van der Waals surface area contributed by atoms with Gasteiger partial charge < -0.3 is 5.11 Å². The molecule has 0 radical (unpaired) electrons. The van der Waals surface area contributed by atoms with Gasteiger partial charge in [0.2, 0.25) is 0 Å². The van der Waals surface area contributed by atoms with Gasteiger partial charge in [-0.05, 0) is 42.2 Å². The van der Waals surface area contributed by atoms with Crippen LogP contribution in [-0.4, -0.2) is 5.11 Å². The molecule has 17 heavy (non-hydrogen) atoms. The number of aliphatic hydroxyl groups excluding tert-OH is 1. The molecular weight excluding hydrogens is 208 g/mol. The molecule has 0 spiro atoms. The minimum absolute atomic E-state index is 0.246. The lowest BCUT2D eigenvalue weighted by Crippen LogP contribution is -2.09. The molecule has 1 N–H and O–H groups in total. The van der Waals surface area contributed by atoms with Crippen molar-refractivity contribution in [3.8, 4) is 0 Å². The zero-order valence-electron chi connectivity index (χ0n) is 11.0. The molecule has 0 amide bonds. The van der Waals surface area contributed by atoms with Crippen molar-refractivity contribution in [2.24, 2.45) is 11.8 Å². The van der Waals surface area contributed by atoms with E-state index in [1.54, 1.807) is 0 Å². The Morgan fingerprint density at radius 2 is 1.94 bits per heavy atom. The number of hydrogen-bond donors (Lipinski definition) is 1. The summed E-state index contributed by atoms with van der Waals surface area (Å²) in [6, 6.07) is 8.53. The number of aliphatic hydroxyl groups is 1. The normalized spacial score (nSPS) is 18.8. The first-order valence-corrected chi connectivity index (χ1v) is 6.93. The zero-order chi connectivity index (χ0) is 12.3. The fraction of sp³-hybridized carbons (Fsp3) is 0.625. The Morgan fingerprint density at radius 1 is 1.24 bits per heavy atom. The summed E-state index contributed by atoms with van der Waals surface area (Å²) in [4.78, 5) is 0. The van der Waals surface area contributed by atoms with E-state index in [2.05, 4.69) is 38.1 Å². The molecule has 94 valence electrons. The molecule has 1 saturated carbocycles. The van der Waals surface area contributed by atoms with Crippen molar-refractivity contribution in [1.82, 2.24) is 0 Å². The standard InChI is InChI=1S/C16H24O/c1-12(2)10-13-6-5-9-15(11-13)16(17)14-7-3-4-8-14/h5-6,9,11-12,14,16-17H,3-4,7-8,10H2,1-2H3. The van der Waals surface area contributed by atoms with Crippen LogP contribution in [0, 0.1) is 11.8 Å². The summed E-state index contributed by atoms with van der Waals surface area (Å²) in [5.74, 6) is 1.16. The Kier molecular flexibility index (Phi) is 4.22. The van der Waals surface area contributed by atoms with E-state index in [4.69, 9.17) is 0 Å². The molecule has 1 fully saturated rings. The predicted octanol–water partition coefficient (Wildman–Crippen LogP) is 4.11. The molecule has 2 rings (SSSR count). The van der Waals surface area contributed by atoms with Crippen molar-refractivity contribution in [3.05, 3.63) is 35.4 Å². The second kappa shape index (κ2) is 5.68. The first-order chi connectivity index (χ1) is 8.16. The molecule has 1 aliphatic carbocycles. The predicted molar refractivity (Wildman–Crippen MR) is 71.9 cm³/mol. The van der Waals surface area contributed by atoms with E-state index in [9.17, 15) is 5.11 Å². The van der Waals surface area contributed by atoms with Crippen LogP contribution in [0.4, 0.5) is 0 Å². The smallest absolute Gasteiger partial charge is 0.0818 e. The quantitative estimate of drug-likeness (QED) is 0.828. The molecule has 1 aliphatic rings. The van der Waals surface area contributed by atoms with Crippen LogP contribution in [0.5, 0.6) is 0 Å². The summed E-state index contributed by atoms with van der Waals surface area (Å²) in [5, 5.41) is 10.4. The molecule has 1 aromatic carbocycles. The third-order valence-corrected chi connectivity index (χ3v) is 3.78. The summed E-state index contributed by atoms with van der Waals surface area (Å²) in [7, 11) is 0. The van der Waals surface area contributed by atoms with E-state index in [1.165, 1.54) is 31.2 Å². The molecule has 0 heterocycles. The van der Waals surface area contributed by atoms with Gasteiger partial charge in [0.25, 0.3) is 0 Å². The van der Waals surface area contributed by atoms with Crippen molar-refractivity contribution in [3.63, 3.8) is 0 Å². The van der Waals surface area contributed by atoms with Crippen molar-refractivity contribution < 1.29 is 5.11 Å². The maximum absolute atomic E-state index is 10.4. The van der Waals surface area contributed by atoms with E-state index in [0.29, 0.717) is 11.8 Å². The number of rotatable bonds is 4. The Hall–Kier alpha value is -0.820. The molecule has 0 aromatic heterocycles. The maximum Gasteiger partial charge on any atom is 0.0818 e. The summed E-state index contributed by atoms with van der Waals surface area (Å²) >= 11 is 0. The molecule has 1 heteroatoms. The van der Waals surface area contributed by atoms with E-state index in [1.807, 2.05) is 0 Å². The van der Waals surface area contributed by atoms with Gasteiger partial charge in [-0.3, -0.25) is 0 Å². The Balaban J connectivity index is 2.09. The highest BCUT2D eigenvalue weighted by Gasteiger charge is 2.24. The fourth-order valence-electron chi connectivity index (χ4n) is 2.92. The minimum Gasteiger partial charge on any atom is -0.388 e. The molecular formula is C16H24O. The van der Waals surface area contributed by atoms with Crippen LogP contribution < -0.4 is 0 Å². The average molecular weight is 232 g/mol. The zero-order valence-corrected chi connectivity index (χ0v) is 11.0. The van der Waals surface area contributed by atoms with Gasteiger partial charge in [-0.15, -0.1) is 0 Å². The SMILES string of the molecule is CC(C)Cc1cccc(C(O)C2CCCC2)c1. The molecule has 0 saturated heterocycles. The molecule has 1 atom stereocenters. The van der Waals surface area contributed by atoms with Crippen LogP contribution in [0.2, 0.25) is 0 Å². The van der Waals surface area contributed by atoms with E-state index < -0.39 is 0 Å². The molecule has 0 bridgehead atoms. The van der Waals surface area contributed by atoms with Crippen molar-refractivity contribution in [2.75, 3.05) is 0 Å². The van der Waals surface area contributed by atoms with Gasteiger partial charge in [0.15, 0.2) is 0 Å². The summed E-state index contributed by atoms with van der Waals surface area (Å²) in [6.07, 6.45) is 5.81. The van der Waals surface area contributed by atoms with Crippen molar-refractivity contribution in [1.29, 1.82) is 0 Å². The highest BCUT2D eigenvalue weighted by atomic mass is 16.3. The highest BCUT2D eigenvalue weighted by molar-refractivity contribution is 5.26. The van der Waals surface area contributed by atoms with Crippen LogP contribution in [0.3, 0.4) is 0 Å². The van der Waals surface area contributed by atoms with Gasteiger partial charge in [0, 0.05) is 0 Å². The van der Waals surface area contributed by atoms with Crippen LogP contribution in [0.15, 0.2) is 24.3 Å². The first-order valence-electron chi connectivity index (χ1n) is 6.93. The number of hydrogen-bond acceptors (Lipinski definition) is 1. The summed E-state index contributed by atoms with van der Waals surface area (Å²) in [6.45, 7) is 4.47. The van der Waals surface area contributed by atoms with Crippen molar-refractivity contribution >= 4 is 0 Å². The summed E-state index contributed by atoms with van der Waals surface area (Å²) < 4.78 is 0. The van der Waals surface area contributed by atoms with Gasteiger partial charge in [-0.2, -0.15) is 0 Å². The Labute approximate surface area is 105 Å². The lowest BCUT2D eigenvalue weighted by Gasteiger charge is -2.19. The molecule has 1 aromatic rings. The van der Waals surface area contributed by atoms with Gasteiger partial charge in [-0.25, -0.2) is 0 Å². The molecule has 1 unspecified atom stereocenters. The minimum atomic E-state index is -0.246. The maximum atomic E-state index is 10.4. The highest BCUT2D eigenvalue weighted by Crippen LogP contribution is 2.35.